The van der Waals surface area contributed by atoms with E-state index in [-0.39, 0.29) is 5.91 Å². The summed E-state index contributed by atoms with van der Waals surface area (Å²) in [6.07, 6.45) is 0.918. The van der Waals surface area contributed by atoms with Crippen molar-refractivity contribution < 1.29 is 9.53 Å². The van der Waals surface area contributed by atoms with Crippen molar-refractivity contribution in [2.45, 2.75) is 32.6 Å². The number of nitrogens with zero attached hydrogens (tertiary/aromatic N) is 5. The van der Waals surface area contributed by atoms with Crippen LogP contribution in [0, 0.1) is 0 Å². The highest BCUT2D eigenvalue weighted by atomic mass is 16.5. The Bertz CT molecular complexity index is 1340. The molecular weight excluding hydrogens is 488 g/mol. The van der Waals surface area contributed by atoms with Crippen LogP contribution in [0.25, 0.3) is 0 Å². The maximum atomic E-state index is 13.5. The Morgan fingerprint density at radius 1 is 0.846 bits per heavy atom. The van der Waals surface area contributed by atoms with Crippen LogP contribution < -0.4 is 15.1 Å². The molecule has 1 atom stereocenters. The second-order valence-electron chi connectivity index (χ2n) is 10.6. The van der Waals surface area contributed by atoms with E-state index in [2.05, 4.69) is 37.4 Å². The van der Waals surface area contributed by atoms with Crippen LogP contribution in [-0.2, 0) is 6.54 Å². The van der Waals surface area contributed by atoms with E-state index in [4.69, 9.17) is 4.74 Å². The monoisotopic (exact) mass is 524 g/mol. The number of benzene rings is 3. The first kappa shape index (κ1) is 25.4. The van der Waals surface area contributed by atoms with E-state index in [0.29, 0.717) is 6.54 Å². The molecule has 0 aromatic heterocycles. The Morgan fingerprint density at radius 2 is 1.51 bits per heavy atom. The lowest BCUT2D eigenvalue weighted by atomic mass is 10.0. The lowest BCUT2D eigenvalue weighted by molar-refractivity contribution is 0.0409. The number of para-hydroxylation sites is 2. The molecule has 8 nitrogen and oxygen atoms in total. The van der Waals surface area contributed by atoms with E-state index in [9.17, 15) is 4.79 Å². The van der Waals surface area contributed by atoms with Gasteiger partial charge in [-0.3, -0.25) is 24.9 Å². The number of ether oxygens (including phenoxy) is 1. The average Bonchev–Trinajstić information content (AvgIpc) is 3.28. The number of fused-ring (bicyclic) bond motifs is 3. The first-order valence-corrected chi connectivity index (χ1v) is 13.8. The molecule has 3 aliphatic heterocycles. The summed E-state index contributed by atoms with van der Waals surface area (Å²) in [7, 11) is 0. The molecule has 8 heteroatoms. The highest BCUT2D eigenvalue weighted by Gasteiger charge is 2.50. The third-order valence-electron chi connectivity index (χ3n) is 7.96. The van der Waals surface area contributed by atoms with Crippen molar-refractivity contribution in [3.8, 4) is 11.5 Å². The molecule has 202 valence electrons. The zero-order chi connectivity index (χ0) is 26.8. The Hall–Kier alpha value is -3.88. The molecule has 0 radical (unpaired) electrons. The van der Waals surface area contributed by atoms with Gasteiger partial charge in [-0.05, 0) is 68.8 Å². The minimum Gasteiger partial charge on any atom is -0.457 e. The van der Waals surface area contributed by atoms with Crippen molar-refractivity contribution in [1.29, 1.82) is 0 Å². The number of nitrogens with one attached hydrogen (secondary N) is 1. The number of amidine groups is 1. The summed E-state index contributed by atoms with van der Waals surface area (Å²) in [5.74, 6) is 1.97. The first-order chi connectivity index (χ1) is 19.0. The van der Waals surface area contributed by atoms with E-state index >= 15 is 0 Å². The quantitative estimate of drug-likeness (QED) is 0.466. The second-order valence-corrected chi connectivity index (χ2v) is 10.6. The number of carbonyl (C=O) groups is 1. The van der Waals surface area contributed by atoms with Gasteiger partial charge in [0.1, 0.15) is 17.3 Å². The second kappa shape index (κ2) is 10.7. The van der Waals surface area contributed by atoms with Gasteiger partial charge in [0, 0.05) is 39.3 Å². The van der Waals surface area contributed by atoms with Crippen LogP contribution in [0.4, 0.5) is 5.69 Å². The fourth-order valence-electron chi connectivity index (χ4n) is 5.87. The predicted octanol–water partition coefficient (Wildman–Crippen LogP) is 4.56. The van der Waals surface area contributed by atoms with Crippen LogP contribution in [0.2, 0.25) is 0 Å². The maximum absolute atomic E-state index is 13.5. The van der Waals surface area contributed by atoms with Crippen molar-refractivity contribution in [3.05, 3.63) is 90.0 Å². The number of hydrogen-bond donors (Lipinski definition) is 1. The molecule has 1 fully saturated rings. The van der Waals surface area contributed by atoms with Crippen molar-refractivity contribution in [1.82, 2.24) is 20.1 Å². The topological polar surface area (TPSA) is 63.7 Å². The number of carbonyl (C=O) groups excluding carboxylic acids is 1. The third-order valence-corrected chi connectivity index (χ3v) is 7.96. The van der Waals surface area contributed by atoms with Crippen molar-refractivity contribution in [2.75, 3.05) is 44.2 Å². The molecule has 39 heavy (non-hydrogen) atoms. The Morgan fingerprint density at radius 3 is 2.28 bits per heavy atom. The van der Waals surface area contributed by atoms with Gasteiger partial charge in [-0.1, -0.05) is 42.5 Å². The fourth-order valence-corrected chi connectivity index (χ4v) is 5.87. The normalized spacial score (nSPS) is 21.3. The van der Waals surface area contributed by atoms with Gasteiger partial charge in [0.25, 0.3) is 5.91 Å². The summed E-state index contributed by atoms with van der Waals surface area (Å²) < 4.78 is 5.92. The Kier molecular flexibility index (Phi) is 6.97. The highest BCUT2D eigenvalue weighted by molar-refractivity contribution is 6.10. The summed E-state index contributed by atoms with van der Waals surface area (Å²) in [5, 5.41) is 4.48. The molecule has 3 heterocycles. The minimum absolute atomic E-state index is 0.0618. The fraction of sp³-hybridized carbons (Fsp3) is 0.355. The molecule has 0 saturated carbocycles. The smallest absolute Gasteiger partial charge is 0.259 e. The predicted molar refractivity (Wildman–Crippen MR) is 154 cm³/mol. The Balaban J connectivity index is 0.984. The SMILES string of the molecule is CC1=NNC2(C)N(CCCN3CCN(Cc4ccc(Oc5ccccc5)cc4)CC3)C(=O)c3ccccc3N12. The summed E-state index contributed by atoms with van der Waals surface area (Å²) in [5.41, 5.74) is 6.18. The Labute approximate surface area is 230 Å². The van der Waals surface area contributed by atoms with Gasteiger partial charge in [-0.25, -0.2) is 0 Å². The molecule has 1 saturated heterocycles. The molecule has 1 N–H and O–H groups in total. The van der Waals surface area contributed by atoms with E-state index < -0.39 is 5.79 Å². The summed E-state index contributed by atoms with van der Waals surface area (Å²) in [6, 6.07) is 26.1. The zero-order valence-electron chi connectivity index (χ0n) is 22.7. The lowest BCUT2D eigenvalue weighted by Crippen LogP contribution is -2.68. The number of amides is 1. The standard InChI is InChI=1S/C31H36N6O2/c1-24-32-33-31(2)36(30(38)28-11-6-7-12-29(28)37(24)31)18-8-17-34-19-21-35(22-20-34)23-25-13-15-27(16-14-25)39-26-9-4-3-5-10-26/h3-7,9-16,33H,8,17-23H2,1-2H3. The molecule has 0 spiro atoms. The number of anilines is 1. The summed E-state index contributed by atoms with van der Waals surface area (Å²) in [6.45, 7) is 10.8. The maximum Gasteiger partial charge on any atom is 0.259 e. The lowest BCUT2D eigenvalue weighted by Gasteiger charge is -2.48. The van der Waals surface area contributed by atoms with Crippen LogP contribution in [-0.4, -0.2) is 71.5 Å². The molecule has 0 bridgehead atoms. The van der Waals surface area contributed by atoms with Gasteiger partial charge in [0.15, 0.2) is 0 Å². The molecule has 1 unspecified atom stereocenters. The van der Waals surface area contributed by atoms with Crippen LogP contribution in [0.15, 0.2) is 84.0 Å². The van der Waals surface area contributed by atoms with Gasteiger partial charge in [0.2, 0.25) is 5.79 Å². The van der Waals surface area contributed by atoms with E-state index in [1.807, 2.05) is 85.5 Å². The average molecular weight is 525 g/mol. The number of hydrogen-bond acceptors (Lipinski definition) is 7. The van der Waals surface area contributed by atoms with Gasteiger partial charge in [0.05, 0.1) is 11.3 Å². The number of hydrazone groups is 1. The molecule has 3 aromatic rings. The molecule has 3 aromatic carbocycles. The molecule has 3 aliphatic rings. The van der Waals surface area contributed by atoms with Crippen LogP contribution in [0.1, 0.15) is 36.2 Å². The van der Waals surface area contributed by atoms with Crippen LogP contribution >= 0.6 is 0 Å². The van der Waals surface area contributed by atoms with Gasteiger partial charge >= 0.3 is 0 Å². The summed E-state index contributed by atoms with van der Waals surface area (Å²) in [4.78, 5) is 22.6. The van der Waals surface area contributed by atoms with E-state index in [1.165, 1.54) is 5.56 Å². The van der Waals surface area contributed by atoms with Gasteiger partial charge in [-0.2, -0.15) is 5.10 Å². The third kappa shape index (κ3) is 5.10. The van der Waals surface area contributed by atoms with E-state index in [1.54, 1.807) is 0 Å². The molecule has 1 amide bonds. The highest BCUT2D eigenvalue weighted by Crippen LogP contribution is 2.38. The number of piperazine rings is 1. The van der Waals surface area contributed by atoms with Crippen molar-refractivity contribution >= 4 is 17.4 Å². The van der Waals surface area contributed by atoms with E-state index in [0.717, 1.165) is 74.3 Å². The van der Waals surface area contributed by atoms with Crippen molar-refractivity contribution in [3.63, 3.8) is 0 Å². The molecule has 0 aliphatic carbocycles. The molecular formula is C31H36N6O2. The first-order valence-electron chi connectivity index (χ1n) is 13.8. The minimum atomic E-state index is -0.671. The van der Waals surface area contributed by atoms with Crippen LogP contribution in [0.3, 0.4) is 0 Å². The zero-order valence-corrected chi connectivity index (χ0v) is 22.7. The number of rotatable bonds is 8. The van der Waals surface area contributed by atoms with Gasteiger partial charge < -0.3 is 9.64 Å². The van der Waals surface area contributed by atoms with Crippen molar-refractivity contribution in [2.24, 2.45) is 5.10 Å². The molecule has 6 rings (SSSR count). The largest absolute Gasteiger partial charge is 0.457 e. The van der Waals surface area contributed by atoms with Gasteiger partial charge in [-0.15, -0.1) is 0 Å². The van der Waals surface area contributed by atoms with Crippen LogP contribution in [0.5, 0.6) is 11.5 Å². The summed E-state index contributed by atoms with van der Waals surface area (Å²) >= 11 is 0.